The van der Waals surface area contributed by atoms with Gasteiger partial charge in [0.05, 0.1) is 11.5 Å². The van der Waals surface area contributed by atoms with Gasteiger partial charge in [0.1, 0.15) is 0 Å². The van der Waals surface area contributed by atoms with E-state index >= 15 is 0 Å². The maximum atomic E-state index is 9.27. The van der Waals surface area contributed by atoms with Crippen LogP contribution in [0.3, 0.4) is 0 Å². The van der Waals surface area contributed by atoms with Crippen LogP contribution in [-0.2, 0) is 0 Å². The summed E-state index contributed by atoms with van der Waals surface area (Å²) in [5, 5.41) is 9.27. The molecule has 3 heteroatoms. The summed E-state index contributed by atoms with van der Waals surface area (Å²) in [6.07, 6.45) is 3.01. The number of thioether (sulfide) groups is 1. The van der Waals surface area contributed by atoms with Crippen LogP contribution in [0.25, 0.3) is 0 Å². The fourth-order valence-electron chi connectivity index (χ4n) is 2.31. The third-order valence-electron chi connectivity index (χ3n) is 3.61. The van der Waals surface area contributed by atoms with Crippen LogP contribution < -0.4 is 5.73 Å². The molecule has 1 saturated carbocycles. The topological polar surface area (TPSA) is 49.8 Å². The quantitative estimate of drug-likeness (QED) is 0.827. The largest absolute Gasteiger partial charge is 0.323 e. The summed E-state index contributed by atoms with van der Waals surface area (Å²) in [7, 11) is 0. The summed E-state index contributed by atoms with van der Waals surface area (Å²) in [6.45, 7) is 2.14. The lowest BCUT2D eigenvalue weighted by molar-refractivity contribution is 0.169. The molecule has 90 valence electrons. The summed E-state index contributed by atoms with van der Waals surface area (Å²) >= 11 is 1.82. The normalized spacial score (nSPS) is 19.1. The van der Waals surface area contributed by atoms with Crippen molar-refractivity contribution in [2.45, 2.75) is 37.1 Å². The van der Waals surface area contributed by atoms with E-state index in [4.69, 9.17) is 5.73 Å². The van der Waals surface area contributed by atoms with Gasteiger partial charge >= 0.3 is 0 Å². The molecule has 0 radical (unpaired) electrons. The van der Waals surface area contributed by atoms with E-state index in [1.54, 1.807) is 0 Å². The van der Waals surface area contributed by atoms with Gasteiger partial charge < -0.3 is 5.73 Å². The smallest absolute Gasteiger partial charge is 0.0766 e. The maximum Gasteiger partial charge on any atom is 0.0766 e. The average molecular weight is 246 g/mol. The zero-order chi connectivity index (χ0) is 12.3. The van der Waals surface area contributed by atoms with E-state index < -0.39 is 0 Å². The molecular weight excluding hydrogens is 228 g/mol. The zero-order valence-electron chi connectivity index (χ0n) is 10.1. The lowest BCUT2D eigenvalue weighted by Gasteiger charge is -2.40. The Bertz CT molecular complexity index is 415. The van der Waals surface area contributed by atoms with Crippen molar-refractivity contribution in [2.24, 2.45) is 11.1 Å². The Morgan fingerprint density at radius 2 is 2.06 bits per heavy atom. The van der Waals surface area contributed by atoms with Crippen molar-refractivity contribution in [2.75, 3.05) is 5.75 Å². The van der Waals surface area contributed by atoms with Crippen molar-refractivity contribution in [1.82, 2.24) is 0 Å². The highest BCUT2D eigenvalue weighted by Gasteiger charge is 2.43. The third kappa shape index (κ3) is 2.34. The monoisotopic (exact) mass is 246 g/mol. The molecule has 0 heterocycles. The van der Waals surface area contributed by atoms with Crippen molar-refractivity contribution < 1.29 is 0 Å². The molecule has 2 N–H and O–H groups in total. The Morgan fingerprint density at radius 3 is 2.47 bits per heavy atom. The molecule has 2 rings (SSSR count). The minimum Gasteiger partial charge on any atom is -0.323 e. The highest BCUT2D eigenvalue weighted by atomic mass is 32.2. The first-order valence-electron chi connectivity index (χ1n) is 6.11. The van der Waals surface area contributed by atoms with E-state index in [1.807, 2.05) is 11.8 Å². The van der Waals surface area contributed by atoms with Gasteiger partial charge in [-0.25, -0.2) is 0 Å². The molecule has 0 aliphatic heterocycles. The summed E-state index contributed by atoms with van der Waals surface area (Å²) in [4.78, 5) is 1.27. The van der Waals surface area contributed by atoms with Crippen LogP contribution in [0.2, 0.25) is 0 Å². The van der Waals surface area contributed by atoms with Crippen LogP contribution in [-0.4, -0.2) is 5.75 Å². The number of nitriles is 1. The van der Waals surface area contributed by atoms with Crippen LogP contribution >= 0.6 is 11.8 Å². The molecule has 1 fully saturated rings. The van der Waals surface area contributed by atoms with Crippen molar-refractivity contribution in [3.05, 3.63) is 29.8 Å². The number of nitrogens with zero attached hydrogens (tertiary/aromatic N) is 1. The van der Waals surface area contributed by atoms with Crippen LogP contribution in [0, 0.1) is 16.7 Å². The molecule has 1 aliphatic rings. The van der Waals surface area contributed by atoms with Crippen molar-refractivity contribution in [1.29, 1.82) is 5.26 Å². The molecule has 0 spiro atoms. The maximum absolute atomic E-state index is 9.27. The van der Waals surface area contributed by atoms with Gasteiger partial charge in [-0.15, -0.1) is 11.8 Å². The molecule has 1 atom stereocenters. The van der Waals surface area contributed by atoms with Gasteiger partial charge in [0.2, 0.25) is 0 Å². The molecule has 0 aromatic heterocycles. The first-order valence-corrected chi connectivity index (χ1v) is 7.10. The van der Waals surface area contributed by atoms with E-state index in [0.29, 0.717) is 0 Å². The predicted molar refractivity (Wildman–Crippen MR) is 71.7 cm³/mol. The molecule has 0 amide bonds. The Hall–Kier alpha value is -0.980. The number of nitrogens with two attached hydrogens (primary N) is 1. The molecule has 1 aliphatic carbocycles. The zero-order valence-corrected chi connectivity index (χ0v) is 11.0. The highest BCUT2D eigenvalue weighted by molar-refractivity contribution is 7.99. The van der Waals surface area contributed by atoms with Gasteiger partial charge in [-0.1, -0.05) is 25.5 Å². The number of benzene rings is 1. The lowest BCUT2D eigenvalue weighted by atomic mass is 9.64. The number of hydrogen-bond acceptors (Lipinski definition) is 3. The van der Waals surface area contributed by atoms with Gasteiger partial charge in [0, 0.05) is 10.9 Å². The van der Waals surface area contributed by atoms with Crippen molar-refractivity contribution >= 4 is 11.8 Å². The Labute approximate surface area is 107 Å². The first-order chi connectivity index (χ1) is 8.22. The molecule has 0 saturated heterocycles. The van der Waals surface area contributed by atoms with Crippen LogP contribution in [0.4, 0.5) is 0 Å². The van der Waals surface area contributed by atoms with Crippen LogP contribution in [0.15, 0.2) is 29.2 Å². The van der Waals surface area contributed by atoms with Gasteiger partial charge in [-0.05, 0) is 36.3 Å². The molecule has 1 aromatic rings. The van der Waals surface area contributed by atoms with E-state index in [1.165, 1.54) is 4.90 Å². The first kappa shape index (κ1) is 12.5. The number of hydrogen-bond donors (Lipinski definition) is 1. The standard InChI is InChI=1S/C14H18N2S/c1-2-17-12-6-4-11(5-7-12)13(16)14(10-15)8-3-9-14/h4-7,13H,2-3,8-9,16H2,1H3. The summed E-state index contributed by atoms with van der Waals surface area (Å²) in [6, 6.07) is 10.6. The van der Waals surface area contributed by atoms with E-state index in [2.05, 4.69) is 37.3 Å². The van der Waals surface area contributed by atoms with Gasteiger partial charge in [-0.3, -0.25) is 0 Å². The van der Waals surface area contributed by atoms with E-state index in [0.717, 1.165) is 30.6 Å². The van der Waals surface area contributed by atoms with Crippen molar-refractivity contribution in [3.8, 4) is 6.07 Å². The van der Waals surface area contributed by atoms with Gasteiger partial charge in [-0.2, -0.15) is 5.26 Å². The second-order valence-electron chi connectivity index (χ2n) is 4.60. The van der Waals surface area contributed by atoms with Gasteiger partial charge in [0.15, 0.2) is 0 Å². The highest BCUT2D eigenvalue weighted by Crippen LogP contribution is 2.48. The fraction of sp³-hybridized carbons (Fsp3) is 0.500. The van der Waals surface area contributed by atoms with Crippen LogP contribution in [0.1, 0.15) is 37.8 Å². The summed E-state index contributed by atoms with van der Waals surface area (Å²) in [5.74, 6) is 1.08. The van der Waals surface area contributed by atoms with Gasteiger partial charge in [0.25, 0.3) is 0 Å². The Morgan fingerprint density at radius 1 is 1.41 bits per heavy atom. The average Bonchev–Trinajstić information content (AvgIpc) is 2.29. The summed E-state index contributed by atoms with van der Waals surface area (Å²) < 4.78 is 0. The SMILES string of the molecule is CCSc1ccc(C(N)C2(C#N)CCC2)cc1. The third-order valence-corrected chi connectivity index (χ3v) is 4.51. The second kappa shape index (κ2) is 5.12. The molecule has 1 unspecified atom stereocenters. The van der Waals surface area contributed by atoms with Crippen molar-refractivity contribution in [3.63, 3.8) is 0 Å². The molecule has 1 aromatic carbocycles. The fourth-order valence-corrected chi connectivity index (χ4v) is 2.97. The lowest BCUT2D eigenvalue weighted by Crippen LogP contribution is -2.39. The minimum atomic E-state index is -0.306. The molecule has 0 bridgehead atoms. The number of rotatable bonds is 4. The molecular formula is C14H18N2S. The van der Waals surface area contributed by atoms with Crippen LogP contribution in [0.5, 0.6) is 0 Å². The summed E-state index contributed by atoms with van der Waals surface area (Å²) in [5.41, 5.74) is 7.02. The predicted octanol–water partition coefficient (Wildman–Crippen LogP) is 3.49. The minimum absolute atomic E-state index is 0.137. The van der Waals surface area contributed by atoms with E-state index in [9.17, 15) is 5.26 Å². The molecule has 17 heavy (non-hydrogen) atoms. The Kier molecular flexibility index (Phi) is 3.76. The Balaban J connectivity index is 2.14. The van der Waals surface area contributed by atoms with E-state index in [-0.39, 0.29) is 11.5 Å². The molecule has 2 nitrogen and oxygen atoms in total. The second-order valence-corrected chi connectivity index (χ2v) is 5.94.